The number of aliphatic imine (C=N–C) groups is 1. The van der Waals surface area contributed by atoms with Gasteiger partial charge in [-0.2, -0.15) is 0 Å². The summed E-state index contributed by atoms with van der Waals surface area (Å²) >= 11 is 0. The van der Waals surface area contributed by atoms with Crippen molar-refractivity contribution in [3.63, 3.8) is 0 Å². The van der Waals surface area contributed by atoms with E-state index in [9.17, 15) is 13.2 Å². The molecule has 0 saturated carbocycles. The molecule has 1 fully saturated rings. The van der Waals surface area contributed by atoms with Crippen LogP contribution in [0.4, 0.5) is 24.5 Å². The number of piperazine rings is 1. The summed E-state index contributed by atoms with van der Waals surface area (Å²) in [6.45, 7) is 5.95. The molecule has 0 bridgehead atoms. The van der Waals surface area contributed by atoms with E-state index < -0.39 is 17.5 Å². The van der Waals surface area contributed by atoms with Gasteiger partial charge in [-0.05, 0) is 19.2 Å². The Morgan fingerprint density at radius 1 is 0.969 bits per heavy atom. The Hall–Kier alpha value is -2.84. The normalized spacial score (nSPS) is 22.4. The number of nitrogens with one attached hydrogen (secondary N) is 1. The van der Waals surface area contributed by atoms with Crippen molar-refractivity contribution in [3.05, 3.63) is 64.6 Å². The van der Waals surface area contributed by atoms with Gasteiger partial charge >= 0.3 is 0 Å². The summed E-state index contributed by atoms with van der Waals surface area (Å²) in [5.74, 6) is -3.77. The SMILES string of the molecule is CN1CCN(CCN=C2/C(=C3/CN(C)c4c3cc(F)c(F)c4F)Nc3ccccc32)CC1. The smallest absolute Gasteiger partial charge is 0.196 e. The number of para-hydroxylation sites is 1. The molecule has 3 aliphatic rings. The molecule has 5 rings (SSSR count). The molecular formula is C24H26F3N5. The van der Waals surface area contributed by atoms with E-state index in [1.807, 2.05) is 24.3 Å². The van der Waals surface area contributed by atoms with E-state index in [2.05, 4.69) is 22.2 Å². The highest BCUT2D eigenvalue weighted by molar-refractivity contribution is 6.25. The van der Waals surface area contributed by atoms with Crippen molar-refractivity contribution < 1.29 is 13.2 Å². The first-order valence-electron chi connectivity index (χ1n) is 10.9. The topological polar surface area (TPSA) is 34.1 Å². The van der Waals surface area contributed by atoms with Crippen molar-refractivity contribution in [2.24, 2.45) is 4.99 Å². The van der Waals surface area contributed by atoms with Crippen LogP contribution in [0.2, 0.25) is 0 Å². The third kappa shape index (κ3) is 3.57. The third-order valence-electron chi connectivity index (χ3n) is 6.50. The average molecular weight is 442 g/mol. The monoisotopic (exact) mass is 441 g/mol. The molecule has 0 amide bonds. The summed E-state index contributed by atoms with van der Waals surface area (Å²) < 4.78 is 42.5. The maximum absolute atomic E-state index is 14.5. The van der Waals surface area contributed by atoms with Crippen molar-refractivity contribution in [1.82, 2.24) is 9.80 Å². The molecule has 1 N–H and O–H groups in total. The first-order chi connectivity index (χ1) is 15.4. The van der Waals surface area contributed by atoms with Crippen LogP contribution in [0, 0.1) is 17.5 Å². The van der Waals surface area contributed by atoms with E-state index in [1.165, 1.54) is 0 Å². The zero-order valence-corrected chi connectivity index (χ0v) is 18.3. The molecule has 0 aromatic heterocycles. The Labute approximate surface area is 185 Å². The van der Waals surface area contributed by atoms with Crippen LogP contribution in [0.15, 0.2) is 41.0 Å². The number of allylic oxidation sites excluding steroid dienone is 1. The Morgan fingerprint density at radius 2 is 1.72 bits per heavy atom. The summed E-state index contributed by atoms with van der Waals surface area (Å²) in [6, 6.07) is 8.94. The highest BCUT2D eigenvalue weighted by Gasteiger charge is 2.34. The van der Waals surface area contributed by atoms with Gasteiger partial charge in [0.25, 0.3) is 0 Å². The van der Waals surface area contributed by atoms with E-state index in [4.69, 9.17) is 4.99 Å². The van der Waals surface area contributed by atoms with E-state index in [0.29, 0.717) is 18.7 Å². The molecule has 2 aromatic rings. The fourth-order valence-electron chi connectivity index (χ4n) is 4.69. The highest BCUT2D eigenvalue weighted by atomic mass is 19.2. The zero-order valence-electron chi connectivity index (χ0n) is 18.3. The van der Waals surface area contributed by atoms with E-state index in [-0.39, 0.29) is 5.69 Å². The number of hydrogen-bond acceptors (Lipinski definition) is 5. The van der Waals surface area contributed by atoms with Crippen molar-refractivity contribution >= 4 is 22.7 Å². The van der Waals surface area contributed by atoms with E-state index >= 15 is 0 Å². The lowest BCUT2D eigenvalue weighted by Crippen LogP contribution is -2.45. The molecule has 0 atom stereocenters. The number of hydrogen-bond donors (Lipinski definition) is 1. The Bertz CT molecular complexity index is 1120. The second-order valence-electron chi connectivity index (χ2n) is 8.64. The minimum absolute atomic E-state index is 0.0842. The standard InChI is InChI=1S/C24H26F3N5/c1-30-9-11-32(12-10-30)8-7-28-22-15-5-3-4-6-19(15)29-23(22)17-14-31(2)24-16(17)13-18(25)20(26)21(24)27/h3-6,13,29H,7-12,14H2,1-2H3/b23-17+,28-22?. The van der Waals surface area contributed by atoms with Crippen LogP contribution in [-0.2, 0) is 0 Å². The number of benzene rings is 2. The predicted molar refractivity (Wildman–Crippen MR) is 122 cm³/mol. The molecule has 0 unspecified atom stereocenters. The van der Waals surface area contributed by atoms with Crippen molar-refractivity contribution in [2.75, 3.05) is 70.1 Å². The zero-order chi connectivity index (χ0) is 22.4. The summed E-state index contributed by atoms with van der Waals surface area (Å²) in [6.07, 6.45) is 0. The summed E-state index contributed by atoms with van der Waals surface area (Å²) in [5, 5.41) is 3.40. The van der Waals surface area contributed by atoms with Crippen LogP contribution in [0.1, 0.15) is 11.1 Å². The highest BCUT2D eigenvalue weighted by Crippen LogP contribution is 2.42. The summed E-state index contributed by atoms with van der Waals surface area (Å²) in [4.78, 5) is 11.3. The molecular weight excluding hydrogens is 415 g/mol. The lowest BCUT2D eigenvalue weighted by atomic mass is 10.0. The van der Waals surface area contributed by atoms with Crippen LogP contribution < -0.4 is 10.2 Å². The molecule has 32 heavy (non-hydrogen) atoms. The second-order valence-corrected chi connectivity index (χ2v) is 8.64. The number of nitrogens with zero attached hydrogens (tertiary/aromatic N) is 4. The molecule has 0 aliphatic carbocycles. The number of fused-ring (bicyclic) bond motifs is 2. The molecule has 2 aromatic carbocycles. The van der Waals surface area contributed by atoms with Gasteiger partial charge in [0.05, 0.1) is 23.6 Å². The first kappa shape index (κ1) is 21.0. The first-order valence-corrected chi connectivity index (χ1v) is 10.9. The Balaban J connectivity index is 1.52. The number of likely N-dealkylation sites (N-methyl/N-ethyl adjacent to an activating group) is 2. The number of anilines is 2. The van der Waals surface area contributed by atoms with Crippen LogP contribution in [0.3, 0.4) is 0 Å². The molecule has 8 heteroatoms. The van der Waals surface area contributed by atoms with E-state index in [1.54, 1.807) is 11.9 Å². The largest absolute Gasteiger partial charge is 0.367 e. The lowest BCUT2D eigenvalue weighted by molar-refractivity contribution is 0.157. The minimum Gasteiger partial charge on any atom is -0.367 e. The number of halogens is 3. The quantitative estimate of drug-likeness (QED) is 0.741. The molecule has 5 nitrogen and oxygen atoms in total. The van der Waals surface area contributed by atoms with Crippen LogP contribution in [0.5, 0.6) is 0 Å². The predicted octanol–water partition coefficient (Wildman–Crippen LogP) is 3.43. The lowest BCUT2D eigenvalue weighted by Gasteiger charge is -2.31. The van der Waals surface area contributed by atoms with Gasteiger partial charge in [0, 0.05) is 68.7 Å². The number of rotatable bonds is 3. The van der Waals surface area contributed by atoms with Crippen molar-refractivity contribution in [1.29, 1.82) is 0 Å². The van der Waals surface area contributed by atoms with Gasteiger partial charge < -0.3 is 15.1 Å². The van der Waals surface area contributed by atoms with Crippen molar-refractivity contribution in [3.8, 4) is 0 Å². The second kappa shape index (κ2) is 8.26. The fraction of sp³-hybridized carbons (Fsp3) is 0.375. The Morgan fingerprint density at radius 3 is 2.50 bits per heavy atom. The van der Waals surface area contributed by atoms with Crippen LogP contribution in [-0.4, -0.2) is 75.4 Å². The molecule has 168 valence electrons. The average Bonchev–Trinajstić information content (AvgIpc) is 3.31. The van der Waals surface area contributed by atoms with Gasteiger partial charge in [0.15, 0.2) is 17.5 Å². The van der Waals surface area contributed by atoms with Gasteiger partial charge in [-0.3, -0.25) is 9.89 Å². The summed E-state index contributed by atoms with van der Waals surface area (Å²) in [7, 11) is 3.81. The Kier molecular flexibility index (Phi) is 5.43. The molecule has 0 spiro atoms. The van der Waals surface area contributed by atoms with Gasteiger partial charge in [-0.15, -0.1) is 0 Å². The molecule has 3 heterocycles. The summed E-state index contributed by atoms with van der Waals surface area (Å²) in [5.41, 5.74) is 4.57. The van der Waals surface area contributed by atoms with Gasteiger partial charge in [-0.25, -0.2) is 13.2 Å². The van der Waals surface area contributed by atoms with Gasteiger partial charge in [0.1, 0.15) is 0 Å². The van der Waals surface area contributed by atoms with Gasteiger partial charge in [-0.1, -0.05) is 18.2 Å². The van der Waals surface area contributed by atoms with Crippen molar-refractivity contribution in [2.45, 2.75) is 0 Å². The van der Waals surface area contributed by atoms with Crippen LogP contribution in [0.25, 0.3) is 5.57 Å². The van der Waals surface area contributed by atoms with Gasteiger partial charge in [0.2, 0.25) is 0 Å². The minimum atomic E-state index is -1.44. The maximum Gasteiger partial charge on any atom is 0.196 e. The van der Waals surface area contributed by atoms with E-state index in [0.717, 1.165) is 67.0 Å². The van der Waals surface area contributed by atoms with Crippen LogP contribution >= 0.6 is 0 Å². The maximum atomic E-state index is 14.5. The third-order valence-corrected chi connectivity index (χ3v) is 6.50. The molecule has 3 aliphatic heterocycles. The molecule has 1 saturated heterocycles. The fourth-order valence-corrected chi connectivity index (χ4v) is 4.69. The molecule has 0 radical (unpaired) electrons.